The highest BCUT2D eigenvalue weighted by Gasteiger charge is 2.32. The van der Waals surface area contributed by atoms with E-state index in [0.717, 1.165) is 0 Å². The van der Waals surface area contributed by atoms with Gasteiger partial charge >= 0.3 is 12.0 Å². The van der Waals surface area contributed by atoms with Crippen LogP contribution in [0.4, 0.5) is 10.7 Å². The number of carboxylic acid groups (broad SMARTS) is 1. The van der Waals surface area contributed by atoms with Gasteiger partial charge in [-0.15, -0.1) is 0 Å². The lowest BCUT2D eigenvalue weighted by Crippen LogP contribution is -2.47. The zero-order chi connectivity index (χ0) is 16.5. The summed E-state index contributed by atoms with van der Waals surface area (Å²) in [5.74, 6) is -0.860. The maximum absolute atomic E-state index is 12.4. The number of hydrogen-bond acceptors (Lipinski definition) is 4. The SMILES string of the molecule is CC1CC(C(=O)O)CN(C(=O)Nc2ncnn2C(C)(C)C)C1. The smallest absolute Gasteiger partial charge is 0.324 e. The van der Waals surface area contributed by atoms with Crippen LogP contribution < -0.4 is 5.32 Å². The van der Waals surface area contributed by atoms with Crippen LogP contribution in [0.1, 0.15) is 34.1 Å². The molecule has 2 unspecified atom stereocenters. The Bertz CT molecular complexity index is 563. The van der Waals surface area contributed by atoms with Gasteiger partial charge in [0.25, 0.3) is 0 Å². The first-order chi connectivity index (χ1) is 10.2. The molecule has 0 radical (unpaired) electrons. The third kappa shape index (κ3) is 3.55. The van der Waals surface area contributed by atoms with Crippen molar-refractivity contribution >= 4 is 17.9 Å². The summed E-state index contributed by atoms with van der Waals surface area (Å²) in [5.41, 5.74) is -0.308. The van der Waals surface area contributed by atoms with Crippen LogP contribution in [-0.4, -0.2) is 49.9 Å². The van der Waals surface area contributed by atoms with Crippen molar-refractivity contribution in [2.45, 2.75) is 39.7 Å². The molecule has 8 nitrogen and oxygen atoms in total. The largest absolute Gasteiger partial charge is 0.481 e. The van der Waals surface area contributed by atoms with Crippen LogP contribution in [0.5, 0.6) is 0 Å². The van der Waals surface area contributed by atoms with Crippen molar-refractivity contribution in [1.82, 2.24) is 19.7 Å². The molecule has 0 saturated carbocycles. The number of likely N-dealkylation sites (tertiary alicyclic amines) is 1. The fraction of sp³-hybridized carbons (Fsp3) is 0.714. The molecule has 1 aliphatic heterocycles. The third-order valence-electron chi connectivity index (χ3n) is 3.70. The van der Waals surface area contributed by atoms with Gasteiger partial charge in [0.15, 0.2) is 0 Å². The standard InChI is InChI=1S/C14H23N5O3/c1-9-5-10(11(20)21)7-18(6-9)13(22)17-12-15-8-16-19(12)14(2,3)4/h8-10H,5-7H2,1-4H3,(H,20,21)(H,15,16,17,22). The van der Waals surface area contributed by atoms with E-state index in [1.165, 1.54) is 11.2 Å². The van der Waals surface area contributed by atoms with Crippen LogP contribution in [0.2, 0.25) is 0 Å². The number of carbonyl (C=O) groups excluding carboxylic acids is 1. The number of hydrogen-bond donors (Lipinski definition) is 2. The van der Waals surface area contributed by atoms with Gasteiger partial charge in [-0.25, -0.2) is 9.48 Å². The molecule has 1 aromatic heterocycles. The number of nitrogens with zero attached hydrogens (tertiary/aromatic N) is 4. The Morgan fingerprint density at radius 2 is 2.05 bits per heavy atom. The molecule has 8 heteroatoms. The van der Waals surface area contributed by atoms with Gasteiger partial charge in [-0.05, 0) is 33.1 Å². The van der Waals surface area contributed by atoms with Crippen molar-refractivity contribution in [2.24, 2.45) is 11.8 Å². The molecular formula is C14H23N5O3. The van der Waals surface area contributed by atoms with Gasteiger partial charge in [-0.1, -0.05) is 6.92 Å². The average Bonchev–Trinajstić information content (AvgIpc) is 2.86. The number of urea groups is 1. The summed E-state index contributed by atoms with van der Waals surface area (Å²) in [5, 5.41) is 16.0. The second-order valence-electron chi connectivity index (χ2n) is 6.88. The van der Waals surface area contributed by atoms with Crippen LogP contribution in [0.15, 0.2) is 6.33 Å². The summed E-state index contributed by atoms with van der Waals surface area (Å²) in [6.45, 7) is 8.59. The number of carbonyl (C=O) groups is 2. The van der Waals surface area contributed by atoms with Crippen LogP contribution >= 0.6 is 0 Å². The molecule has 0 bridgehead atoms. The summed E-state index contributed by atoms with van der Waals surface area (Å²) < 4.78 is 1.63. The molecule has 2 rings (SSSR count). The van der Waals surface area contributed by atoms with E-state index in [2.05, 4.69) is 15.4 Å². The maximum Gasteiger partial charge on any atom is 0.324 e. The molecule has 1 saturated heterocycles. The van der Waals surface area contributed by atoms with Crippen molar-refractivity contribution in [3.63, 3.8) is 0 Å². The fourth-order valence-corrected chi connectivity index (χ4v) is 2.69. The molecule has 1 aromatic rings. The Labute approximate surface area is 129 Å². The quantitative estimate of drug-likeness (QED) is 0.864. The van der Waals surface area contributed by atoms with E-state index in [4.69, 9.17) is 0 Å². The first-order valence-electron chi connectivity index (χ1n) is 7.37. The van der Waals surface area contributed by atoms with E-state index in [1.807, 2.05) is 27.7 Å². The second-order valence-corrected chi connectivity index (χ2v) is 6.88. The number of amides is 2. The highest BCUT2D eigenvalue weighted by atomic mass is 16.4. The number of rotatable bonds is 2. The molecule has 22 heavy (non-hydrogen) atoms. The van der Waals surface area contributed by atoms with E-state index in [-0.39, 0.29) is 24.0 Å². The van der Waals surface area contributed by atoms with E-state index >= 15 is 0 Å². The average molecular weight is 309 g/mol. The van der Waals surface area contributed by atoms with Crippen molar-refractivity contribution in [1.29, 1.82) is 0 Å². The van der Waals surface area contributed by atoms with E-state index in [1.54, 1.807) is 4.68 Å². The van der Waals surface area contributed by atoms with Crippen molar-refractivity contribution in [3.05, 3.63) is 6.33 Å². The minimum Gasteiger partial charge on any atom is -0.481 e. The molecule has 0 aliphatic carbocycles. The molecule has 0 aromatic carbocycles. The fourth-order valence-electron chi connectivity index (χ4n) is 2.69. The Kier molecular flexibility index (Phi) is 4.39. The van der Waals surface area contributed by atoms with Gasteiger partial charge in [0.05, 0.1) is 11.5 Å². The molecule has 1 fully saturated rings. The maximum atomic E-state index is 12.4. The summed E-state index contributed by atoms with van der Waals surface area (Å²) in [6.07, 6.45) is 1.98. The number of nitrogens with one attached hydrogen (secondary N) is 1. The first-order valence-corrected chi connectivity index (χ1v) is 7.37. The van der Waals surface area contributed by atoms with Crippen molar-refractivity contribution < 1.29 is 14.7 Å². The Hall–Kier alpha value is -2.12. The Balaban J connectivity index is 2.09. The number of aliphatic carboxylic acids is 1. The minimum absolute atomic E-state index is 0.154. The molecule has 122 valence electrons. The number of aromatic nitrogens is 3. The van der Waals surface area contributed by atoms with Gasteiger partial charge in [-0.2, -0.15) is 10.1 Å². The predicted octanol–water partition coefficient (Wildman–Crippen LogP) is 1.61. The monoisotopic (exact) mass is 309 g/mol. The summed E-state index contributed by atoms with van der Waals surface area (Å²) in [4.78, 5) is 29.2. The van der Waals surface area contributed by atoms with Gasteiger partial charge < -0.3 is 10.0 Å². The molecule has 0 spiro atoms. The first kappa shape index (κ1) is 16.3. The molecule has 2 amide bonds. The van der Waals surface area contributed by atoms with Crippen LogP contribution in [0.25, 0.3) is 0 Å². The molecule has 2 N–H and O–H groups in total. The Morgan fingerprint density at radius 1 is 1.36 bits per heavy atom. The second kappa shape index (κ2) is 5.94. The van der Waals surface area contributed by atoms with E-state index in [0.29, 0.717) is 18.9 Å². The Morgan fingerprint density at radius 3 is 2.64 bits per heavy atom. The normalized spacial score (nSPS) is 22.5. The van der Waals surface area contributed by atoms with E-state index < -0.39 is 11.9 Å². The summed E-state index contributed by atoms with van der Waals surface area (Å²) >= 11 is 0. The van der Waals surface area contributed by atoms with Crippen molar-refractivity contribution in [3.8, 4) is 0 Å². The molecule has 2 atom stereocenters. The van der Waals surface area contributed by atoms with E-state index in [9.17, 15) is 14.7 Å². The lowest BCUT2D eigenvalue weighted by atomic mass is 9.91. The van der Waals surface area contributed by atoms with Gasteiger partial charge in [0.2, 0.25) is 5.95 Å². The predicted molar refractivity (Wildman–Crippen MR) is 80.5 cm³/mol. The van der Waals surface area contributed by atoms with Crippen LogP contribution in [0.3, 0.4) is 0 Å². The van der Waals surface area contributed by atoms with Gasteiger partial charge in [0, 0.05) is 13.1 Å². The number of anilines is 1. The van der Waals surface area contributed by atoms with Gasteiger partial charge in [0.1, 0.15) is 6.33 Å². The number of piperidine rings is 1. The third-order valence-corrected chi connectivity index (χ3v) is 3.70. The summed E-state index contributed by atoms with van der Waals surface area (Å²) in [6, 6.07) is -0.337. The summed E-state index contributed by atoms with van der Waals surface area (Å²) in [7, 11) is 0. The van der Waals surface area contributed by atoms with Gasteiger partial charge in [-0.3, -0.25) is 10.1 Å². The lowest BCUT2D eigenvalue weighted by molar-refractivity contribution is -0.143. The van der Waals surface area contributed by atoms with Crippen molar-refractivity contribution in [2.75, 3.05) is 18.4 Å². The highest BCUT2D eigenvalue weighted by molar-refractivity contribution is 5.88. The molecule has 2 heterocycles. The lowest BCUT2D eigenvalue weighted by Gasteiger charge is -2.34. The minimum atomic E-state index is -0.859. The number of carboxylic acids is 1. The zero-order valence-corrected chi connectivity index (χ0v) is 13.4. The molecule has 1 aliphatic rings. The van der Waals surface area contributed by atoms with Crippen LogP contribution in [0, 0.1) is 11.8 Å². The molecular weight excluding hydrogens is 286 g/mol. The highest BCUT2D eigenvalue weighted by Crippen LogP contribution is 2.23. The topological polar surface area (TPSA) is 100 Å². The van der Waals surface area contributed by atoms with Crippen LogP contribution in [-0.2, 0) is 10.3 Å². The zero-order valence-electron chi connectivity index (χ0n) is 13.4.